The number of benzene rings is 2. The highest BCUT2D eigenvalue weighted by molar-refractivity contribution is 14.0. The van der Waals surface area contributed by atoms with Crippen LogP contribution in [0.25, 0.3) is 11.5 Å². The van der Waals surface area contributed by atoms with E-state index in [1.165, 1.54) is 11.1 Å². The van der Waals surface area contributed by atoms with Crippen LogP contribution < -0.4 is 10.6 Å². The van der Waals surface area contributed by atoms with Crippen LogP contribution in [0.1, 0.15) is 16.8 Å². The van der Waals surface area contributed by atoms with E-state index in [2.05, 4.69) is 75.9 Å². The molecule has 30 heavy (non-hydrogen) atoms. The molecule has 0 spiro atoms. The van der Waals surface area contributed by atoms with Crippen LogP contribution in [0.2, 0.25) is 0 Å². The standard InChI is InChI=1S/C23H29N5O.HI/c1-18-9-11-20(12-10-18)22-27-21(17-29-22)15-26-23(24-2)25-13-14-28(3)16-19-7-5-4-6-8-19;/h4-12,17H,13-16H2,1-3H3,(H2,24,25,26);1H. The third-order valence-electron chi connectivity index (χ3n) is 4.59. The molecule has 0 amide bonds. The van der Waals surface area contributed by atoms with E-state index in [0.29, 0.717) is 12.4 Å². The van der Waals surface area contributed by atoms with Crippen molar-refractivity contribution in [3.05, 3.63) is 77.7 Å². The van der Waals surface area contributed by atoms with Gasteiger partial charge >= 0.3 is 0 Å². The first kappa shape index (κ1) is 23.9. The molecule has 0 aliphatic rings. The number of aromatic nitrogens is 1. The molecule has 0 unspecified atom stereocenters. The third kappa shape index (κ3) is 7.46. The Morgan fingerprint density at radius 1 is 1.07 bits per heavy atom. The molecule has 0 radical (unpaired) electrons. The summed E-state index contributed by atoms with van der Waals surface area (Å²) in [5, 5.41) is 6.62. The number of nitrogens with zero attached hydrogens (tertiary/aromatic N) is 3. The highest BCUT2D eigenvalue weighted by Gasteiger charge is 2.07. The topological polar surface area (TPSA) is 65.7 Å². The fourth-order valence-electron chi connectivity index (χ4n) is 2.95. The lowest BCUT2D eigenvalue weighted by atomic mass is 10.1. The molecule has 2 N–H and O–H groups in total. The van der Waals surface area contributed by atoms with E-state index < -0.39 is 0 Å². The van der Waals surface area contributed by atoms with Gasteiger partial charge in [0, 0.05) is 32.2 Å². The third-order valence-corrected chi connectivity index (χ3v) is 4.59. The molecule has 1 aromatic heterocycles. The molecule has 6 nitrogen and oxygen atoms in total. The van der Waals surface area contributed by atoms with Gasteiger partial charge in [0.1, 0.15) is 6.26 Å². The molecule has 0 aliphatic heterocycles. The number of nitrogens with one attached hydrogen (secondary N) is 2. The highest BCUT2D eigenvalue weighted by Crippen LogP contribution is 2.18. The van der Waals surface area contributed by atoms with Gasteiger partial charge < -0.3 is 20.0 Å². The summed E-state index contributed by atoms with van der Waals surface area (Å²) in [5.74, 6) is 1.38. The molecular weight excluding hydrogens is 489 g/mol. The van der Waals surface area contributed by atoms with Crippen molar-refractivity contribution < 1.29 is 4.42 Å². The second kappa shape index (κ2) is 12.3. The van der Waals surface area contributed by atoms with Crippen molar-refractivity contribution in [1.29, 1.82) is 0 Å². The molecule has 7 heteroatoms. The molecule has 0 saturated carbocycles. The second-order valence-corrected chi connectivity index (χ2v) is 7.09. The number of rotatable bonds is 8. The lowest BCUT2D eigenvalue weighted by Gasteiger charge is -2.18. The van der Waals surface area contributed by atoms with Gasteiger partial charge in [-0.3, -0.25) is 4.99 Å². The van der Waals surface area contributed by atoms with E-state index in [1.807, 2.05) is 18.2 Å². The number of guanidine groups is 1. The van der Waals surface area contributed by atoms with Gasteiger partial charge in [-0.05, 0) is 31.7 Å². The average Bonchev–Trinajstić information content (AvgIpc) is 3.21. The molecule has 3 rings (SSSR count). The van der Waals surface area contributed by atoms with Gasteiger partial charge in [0.2, 0.25) is 5.89 Å². The van der Waals surface area contributed by atoms with Crippen LogP contribution in [-0.2, 0) is 13.1 Å². The molecule has 160 valence electrons. The predicted molar refractivity (Wildman–Crippen MR) is 133 cm³/mol. The molecule has 2 aromatic carbocycles. The molecule has 1 heterocycles. The maximum absolute atomic E-state index is 5.61. The Morgan fingerprint density at radius 3 is 2.50 bits per heavy atom. The maximum atomic E-state index is 5.61. The molecular formula is C23H30IN5O. The zero-order valence-electron chi connectivity index (χ0n) is 17.8. The largest absolute Gasteiger partial charge is 0.444 e. The number of halogens is 1. The summed E-state index contributed by atoms with van der Waals surface area (Å²) in [6.45, 7) is 5.25. The number of likely N-dealkylation sites (N-methyl/N-ethyl adjacent to an activating group) is 1. The Hall–Kier alpha value is -2.39. The van der Waals surface area contributed by atoms with E-state index in [4.69, 9.17) is 4.42 Å². The van der Waals surface area contributed by atoms with Gasteiger partial charge in [0.25, 0.3) is 0 Å². The Balaban J connectivity index is 0.00000320. The zero-order chi connectivity index (χ0) is 20.5. The van der Waals surface area contributed by atoms with E-state index in [-0.39, 0.29) is 24.0 Å². The zero-order valence-corrected chi connectivity index (χ0v) is 20.1. The minimum absolute atomic E-state index is 0. The summed E-state index contributed by atoms with van der Waals surface area (Å²) in [6, 6.07) is 18.6. The van der Waals surface area contributed by atoms with E-state index in [9.17, 15) is 0 Å². The SMILES string of the molecule is CN=C(NCCN(C)Cc1ccccc1)NCc1coc(-c2ccc(C)cc2)n1.I. The van der Waals surface area contributed by atoms with Crippen molar-refractivity contribution >= 4 is 29.9 Å². The van der Waals surface area contributed by atoms with Crippen molar-refractivity contribution in [1.82, 2.24) is 20.5 Å². The molecule has 0 saturated heterocycles. The van der Waals surface area contributed by atoms with Gasteiger partial charge in [0.15, 0.2) is 5.96 Å². The number of hydrogen-bond donors (Lipinski definition) is 2. The summed E-state index contributed by atoms with van der Waals surface area (Å²) < 4.78 is 5.61. The Morgan fingerprint density at radius 2 is 1.80 bits per heavy atom. The molecule has 0 aliphatic carbocycles. The van der Waals surface area contributed by atoms with Crippen molar-refractivity contribution in [3.8, 4) is 11.5 Å². The monoisotopic (exact) mass is 519 g/mol. The summed E-state index contributed by atoms with van der Waals surface area (Å²) in [5.41, 5.74) is 4.34. The van der Waals surface area contributed by atoms with E-state index in [0.717, 1.165) is 36.9 Å². The fourth-order valence-corrected chi connectivity index (χ4v) is 2.95. The van der Waals surface area contributed by atoms with Gasteiger partial charge in [-0.1, -0.05) is 48.0 Å². The van der Waals surface area contributed by atoms with Crippen LogP contribution in [0.15, 0.2) is 70.3 Å². The molecule has 3 aromatic rings. The summed E-state index contributed by atoms with van der Waals surface area (Å²) in [7, 11) is 3.89. The van der Waals surface area contributed by atoms with Crippen molar-refractivity contribution in [3.63, 3.8) is 0 Å². The summed E-state index contributed by atoms with van der Waals surface area (Å²) in [6.07, 6.45) is 1.68. The van der Waals surface area contributed by atoms with Crippen molar-refractivity contribution in [2.45, 2.75) is 20.0 Å². The Labute approximate surface area is 195 Å². The Bertz CT molecular complexity index is 909. The minimum Gasteiger partial charge on any atom is -0.444 e. The van der Waals surface area contributed by atoms with E-state index >= 15 is 0 Å². The van der Waals surface area contributed by atoms with Crippen molar-refractivity contribution in [2.75, 3.05) is 27.2 Å². The minimum atomic E-state index is 0. The predicted octanol–water partition coefficient (Wildman–Crippen LogP) is 4.07. The average molecular weight is 519 g/mol. The second-order valence-electron chi connectivity index (χ2n) is 7.09. The van der Waals surface area contributed by atoms with Gasteiger partial charge in [-0.15, -0.1) is 24.0 Å². The number of hydrogen-bond acceptors (Lipinski definition) is 4. The number of aryl methyl sites for hydroxylation is 1. The lowest BCUT2D eigenvalue weighted by Crippen LogP contribution is -2.40. The number of oxazole rings is 1. The van der Waals surface area contributed by atoms with Gasteiger partial charge in [0.05, 0.1) is 12.2 Å². The van der Waals surface area contributed by atoms with E-state index in [1.54, 1.807) is 13.3 Å². The first-order valence-electron chi connectivity index (χ1n) is 9.82. The molecule has 0 fully saturated rings. The Kier molecular flexibility index (Phi) is 9.82. The first-order valence-corrected chi connectivity index (χ1v) is 9.82. The van der Waals surface area contributed by atoms with Crippen LogP contribution in [0.4, 0.5) is 0 Å². The van der Waals surface area contributed by atoms with Crippen LogP contribution in [-0.4, -0.2) is 43.0 Å². The van der Waals surface area contributed by atoms with Crippen LogP contribution in [0.3, 0.4) is 0 Å². The highest BCUT2D eigenvalue weighted by atomic mass is 127. The van der Waals surface area contributed by atoms with Gasteiger partial charge in [-0.2, -0.15) is 0 Å². The summed E-state index contributed by atoms with van der Waals surface area (Å²) in [4.78, 5) is 11.1. The van der Waals surface area contributed by atoms with Crippen molar-refractivity contribution in [2.24, 2.45) is 4.99 Å². The van der Waals surface area contributed by atoms with Gasteiger partial charge in [-0.25, -0.2) is 4.98 Å². The van der Waals surface area contributed by atoms with Crippen LogP contribution in [0, 0.1) is 6.92 Å². The fraction of sp³-hybridized carbons (Fsp3) is 0.304. The van der Waals surface area contributed by atoms with Crippen LogP contribution in [0.5, 0.6) is 0 Å². The molecule has 0 bridgehead atoms. The normalized spacial score (nSPS) is 11.3. The van der Waals surface area contributed by atoms with Crippen LogP contribution >= 0.6 is 24.0 Å². The lowest BCUT2D eigenvalue weighted by molar-refractivity contribution is 0.331. The number of aliphatic imine (C=N–C) groups is 1. The smallest absolute Gasteiger partial charge is 0.226 e. The quantitative estimate of drug-likeness (QED) is 0.267. The first-order chi connectivity index (χ1) is 14.1. The molecule has 0 atom stereocenters. The summed E-state index contributed by atoms with van der Waals surface area (Å²) >= 11 is 0. The maximum Gasteiger partial charge on any atom is 0.226 e.